The Hall–Kier alpha value is -3.09. The average Bonchev–Trinajstić information content (AvgIpc) is 2.73. The Morgan fingerprint density at radius 3 is 2.82 bits per heavy atom. The van der Waals surface area contributed by atoms with E-state index in [1.807, 2.05) is 0 Å². The first-order valence-electron chi connectivity index (χ1n) is 9.28. The highest BCUT2D eigenvalue weighted by molar-refractivity contribution is 5.90. The van der Waals surface area contributed by atoms with Crippen LogP contribution in [0.3, 0.4) is 0 Å². The molecule has 0 saturated carbocycles. The lowest BCUT2D eigenvalue weighted by Crippen LogP contribution is -2.46. The second kappa shape index (κ2) is 9.21. The first-order valence-corrected chi connectivity index (χ1v) is 9.28. The Kier molecular flexibility index (Phi) is 6.47. The fourth-order valence-electron chi connectivity index (χ4n) is 3.25. The molecule has 1 aliphatic heterocycles. The van der Waals surface area contributed by atoms with Gasteiger partial charge in [-0.05, 0) is 31.0 Å². The Morgan fingerprint density at radius 2 is 2.04 bits per heavy atom. The van der Waals surface area contributed by atoms with Crippen molar-refractivity contribution in [2.45, 2.75) is 19.4 Å². The molecule has 3 amide bonds. The second-order valence-electron chi connectivity index (χ2n) is 6.76. The van der Waals surface area contributed by atoms with Crippen LogP contribution in [0.2, 0.25) is 0 Å². The number of nitrogens with zero attached hydrogens (tertiary/aromatic N) is 1. The van der Waals surface area contributed by atoms with Crippen LogP contribution >= 0.6 is 0 Å². The lowest BCUT2D eigenvalue weighted by molar-refractivity contribution is -0.126. The van der Waals surface area contributed by atoms with Gasteiger partial charge in [0.05, 0.1) is 13.0 Å². The molecule has 1 heterocycles. The number of benzene rings is 2. The van der Waals surface area contributed by atoms with Gasteiger partial charge < -0.3 is 20.3 Å². The maximum Gasteiger partial charge on any atom is 0.321 e. The zero-order valence-corrected chi connectivity index (χ0v) is 15.8. The number of hydrogen-bond donors (Lipinski definition) is 2. The number of likely N-dealkylation sites (tertiary alicyclic amines) is 1. The van der Waals surface area contributed by atoms with Gasteiger partial charge in [0.2, 0.25) is 5.91 Å². The number of anilines is 1. The van der Waals surface area contributed by atoms with Crippen LogP contribution in [0.4, 0.5) is 14.9 Å². The standard InChI is InChI=1S/C21H24FN3O3/c1-28-18-9-4-8-17(12-18)24-21(27)25-11-5-7-16(14-25)20(26)23-13-15-6-2-3-10-19(15)22/h2-4,6,8-10,12,16H,5,7,11,13-14H2,1H3,(H,23,26)(H,24,27). The van der Waals surface area contributed by atoms with Gasteiger partial charge in [-0.1, -0.05) is 24.3 Å². The number of methoxy groups -OCH3 is 1. The number of hydrogen-bond acceptors (Lipinski definition) is 3. The molecule has 6 nitrogen and oxygen atoms in total. The number of nitrogens with one attached hydrogen (secondary N) is 2. The summed E-state index contributed by atoms with van der Waals surface area (Å²) in [5.41, 5.74) is 1.08. The van der Waals surface area contributed by atoms with Crippen molar-refractivity contribution in [3.05, 3.63) is 59.9 Å². The van der Waals surface area contributed by atoms with Gasteiger partial charge >= 0.3 is 6.03 Å². The third-order valence-electron chi connectivity index (χ3n) is 4.81. The zero-order chi connectivity index (χ0) is 19.9. The summed E-state index contributed by atoms with van der Waals surface area (Å²) in [7, 11) is 1.57. The van der Waals surface area contributed by atoms with E-state index in [2.05, 4.69) is 10.6 Å². The molecule has 1 fully saturated rings. The second-order valence-corrected chi connectivity index (χ2v) is 6.76. The summed E-state index contributed by atoms with van der Waals surface area (Å²) in [6, 6.07) is 13.2. The van der Waals surface area contributed by atoms with Crippen molar-refractivity contribution < 1.29 is 18.7 Å². The molecule has 1 unspecified atom stereocenters. The molecule has 148 valence electrons. The number of amides is 3. The minimum atomic E-state index is -0.342. The Balaban J connectivity index is 1.54. The van der Waals surface area contributed by atoms with Gasteiger partial charge in [-0.3, -0.25) is 4.79 Å². The molecule has 7 heteroatoms. The molecule has 1 atom stereocenters. The summed E-state index contributed by atoms with van der Waals surface area (Å²) >= 11 is 0. The van der Waals surface area contributed by atoms with Gasteiger partial charge in [-0.2, -0.15) is 0 Å². The molecule has 28 heavy (non-hydrogen) atoms. The predicted octanol–water partition coefficient (Wildman–Crippen LogP) is 3.39. The van der Waals surface area contributed by atoms with Gasteiger partial charge in [0, 0.05) is 37.0 Å². The summed E-state index contributed by atoms with van der Waals surface area (Å²) in [5.74, 6) is -0.161. The number of halogens is 1. The normalized spacial score (nSPS) is 16.4. The molecule has 0 spiro atoms. The summed E-state index contributed by atoms with van der Waals surface area (Å²) in [5, 5.41) is 5.62. The number of ether oxygens (including phenoxy) is 1. The number of rotatable bonds is 5. The lowest BCUT2D eigenvalue weighted by atomic mass is 9.97. The van der Waals surface area contributed by atoms with Crippen molar-refractivity contribution in [1.82, 2.24) is 10.2 Å². The van der Waals surface area contributed by atoms with E-state index in [1.54, 1.807) is 54.5 Å². The highest BCUT2D eigenvalue weighted by Crippen LogP contribution is 2.20. The van der Waals surface area contributed by atoms with Gasteiger partial charge in [0.25, 0.3) is 0 Å². The van der Waals surface area contributed by atoms with Crippen molar-refractivity contribution in [2.24, 2.45) is 5.92 Å². The Labute approximate surface area is 163 Å². The summed E-state index contributed by atoms with van der Waals surface area (Å²) in [4.78, 5) is 26.7. The third kappa shape index (κ3) is 5.00. The van der Waals surface area contributed by atoms with Crippen LogP contribution in [0.15, 0.2) is 48.5 Å². The van der Waals surface area contributed by atoms with Crippen LogP contribution in [0.25, 0.3) is 0 Å². The zero-order valence-electron chi connectivity index (χ0n) is 15.8. The molecule has 2 N–H and O–H groups in total. The van der Waals surface area contributed by atoms with Gasteiger partial charge in [0.15, 0.2) is 0 Å². The van der Waals surface area contributed by atoms with E-state index >= 15 is 0 Å². The Morgan fingerprint density at radius 1 is 1.21 bits per heavy atom. The highest BCUT2D eigenvalue weighted by atomic mass is 19.1. The smallest absolute Gasteiger partial charge is 0.321 e. The lowest BCUT2D eigenvalue weighted by Gasteiger charge is -2.32. The van der Waals surface area contributed by atoms with Crippen molar-refractivity contribution in [3.63, 3.8) is 0 Å². The molecular formula is C21H24FN3O3. The number of piperidine rings is 1. The maximum atomic E-state index is 13.7. The molecule has 0 bridgehead atoms. The molecular weight excluding hydrogens is 361 g/mol. The van der Waals surface area contributed by atoms with E-state index in [4.69, 9.17) is 4.74 Å². The summed E-state index contributed by atoms with van der Waals surface area (Å²) in [6.45, 7) is 1.06. The van der Waals surface area contributed by atoms with E-state index in [-0.39, 0.29) is 30.2 Å². The minimum Gasteiger partial charge on any atom is -0.497 e. The van der Waals surface area contributed by atoms with Crippen LogP contribution in [-0.2, 0) is 11.3 Å². The average molecular weight is 385 g/mol. The number of carbonyl (C=O) groups is 2. The largest absolute Gasteiger partial charge is 0.497 e. The molecule has 1 aliphatic rings. The monoisotopic (exact) mass is 385 g/mol. The molecule has 1 saturated heterocycles. The summed E-state index contributed by atoms with van der Waals surface area (Å²) < 4.78 is 18.8. The number of carbonyl (C=O) groups excluding carboxylic acids is 2. The van der Waals surface area contributed by atoms with Crippen LogP contribution in [0.1, 0.15) is 18.4 Å². The summed E-state index contributed by atoms with van der Waals surface area (Å²) in [6.07, 6.45) is 1.44. The molecule has 0 aliphatic carbocycles. The van der Waals surface area contributed by atoms with Crippen LogP contribution in [0.5, 0.6) is 5.75 Å². The topological polar surface area (TPSA) is 70.7 Å². The molecule has 0 aromatic heterocycles. The molecule has 0 radical (unpaired) electrons. The first kappa shape index (κ1) is 19.7. The van der Waals surface area contributed by atoms with Gasteiger partial charge in [-0.15, -0.1) is 0 Å². The van der Waals surface area contributed by atoms with Crippen LogP contribution in [-0.4, -0.2) is 37.0 Å². The molecule has 2 aromatic rings. The van der Waals surface area contributed by atoms with E-state index < -0.39 is 0 Å². The number of urea groups is 1. The fourth-order valence-corrected chi connectivity index (χ4v) is 3.25. The minimum absolute atomic E-state index is 0.137. The fraction of sp³-hybridized carbons (Fsp3) is 0.333. The maximum absolute atomic E-state index is 13.7. The van der Waals surface area contributed by atoms with Crippen molar-refractivity contribution in [3.8, 4) is 5.75 Å². The van der Waals surface area contributed by atoms with E-state index in [1.165, 1.54) is 6.07 Å². The predicted molar refractivity (Wildman–Crippen MR) is 105 cm³/mol. The van der Waals surface area contributed by atoms with E-state index in [0.717, 1.165) is 6.42 Å². The van der Waals surface area contributed by atoms with Crippen molar-refractivity contribution >= 4 is 17.6 Å². The molecule has 2 aromatic carbocycles. The molecule has 3 rings (SSSR count). The first-order chi connectivity index (χ1) is 13.6. The van der Waals surface area contributed by atoms with Gasteiger partial charge in [-0.25, -0.2) is 9.18 Å². The van der Waals surface area contributed by atoms with Crippen molar-refractivity contribution in [2.75, 3.05) is 25.5 Å². The third-order valence-corrected chi connectivity index (χ3v) is 4.81. The SMILES string of the molecule is COc1cccc(NC(=O)N2CCCC(C(=O)NCc3ccccc3F)C2)c1. The van der Waals surface area contributed by atoms with Gasteiger partial charge in [0.1, 0.15) is 11.6 Å². The van der Waals surface area contributed by atoms with E-state index in [0.29, 0.717) is 36.5 Å². The van der Waals surface area contributed by atoms with E-state index in [9.17, 15) is 14.0 Å². The quantitative estimate of drug-likeness (QED) is 0.829. The Bertz CT molecular complexity index is 843. The van der Waals surface area contributed by atoms with Crippen molar-refractivity contribution in [1.29, 1.82) is 0 Å². The van der Waals surface area contributed by atoms with Crippen LogP contribution in [0, 0.1) is 11.7 Å². The van der Waals surface area contributed by atoms with Crippen LogP contribution < -0.4 is 15.4 Å². The highest BCUT2D eigenvalue weighted by Gasteiger charge is 2.28.